The third kappa shape index (κ3) is 6.17. The smallest absolute Gasteiger partial charge is 0.251 e. The van der Waals surface area contributed by atoms with Crippen molar-refractivity contribution in [3.63, 3.8) is 0 Å². The number of carbonyl (C=O) groups excluding carboxylic acids is 4. The van der Waals surface area contributed by atoms with E-state index in [1.807, 2.05) is 13.8 Å². The molecule has 1 aromatic rings. The highest BCUT2D eigenvalue weighted by Gasteiger charge is 2.57. The fourth-order valence-electron chi connectivity index (χ4n) is 4.47. The molecule has 2 unspecified atom stereocenters. The molecule has 0 bridgehead atoms. The summed E-state index contributed by atoms with van der Waals surface area (Å²) in [6.45, 7) is 9.56. The van der Waals surface area contributed by atoms with Crippen LogP contribution in [0.3, 0.4) is 0 Å². The molecule has 0 aliphatic rings. The number of nitrogens with one attached hydrogen (secondary N) is 1. The molecule has 0 saturated carbocycles. The Balaban J connectivity index is 3.92. The number of Topliss-reactive ketones (excluding diaryl/α,β-unsaturated/α-hetero) is 3. The van der Waals surface area contributed by atoms with Gasteiger partial charge in [0.15, 0.2) is 22.9 Å². The largest absolute Gasteiger partial charge is 0.386 e. The lowest BCUT2D eigenvalue weighted by atomic mass is 9.65. The van der Waals surface area contributed by atoms with Crippen LogP contribution in [0.25, 0.3) is 0 Å². The SMILES string of the molecule is [2H]N(C)[C@@](C(=O)c1ccccc1)(C(=O)[C@@H](C)O)C(C(=O)[C@H](CC(C)C)N(C)C(=O)C(C)O)C(C)C. The van der Waals surface area contributed by atoms with Crippen molar-refractivity contribution in [1.29, 1.82) is 0 Å². The zero-order valence-electron chi connectivity index (χ0n) is 22.5. The van der Waals surface area contributed by atoms with Crippen molar-refractivity contribution >= 4 is 23.3 Å². The molecule has 34 heavy (non-hydrogen) atoms. The molecule has 0 heterocycles. The lowest BCUT2D eigenvalue weighted by Crippen LogP contribution is -2.68. The molecular weight excluding hydrogens is 436 g/mol. The van der Waals surface area contributed by atoms with Crippen molar-refractivity contribution in [2.45, 2.75) is 71.8 Å². The molecule has 5 atom stereocenters. The van der Waals surface area contributed by atoms with Gasteiger partial charge in [0.25, 0.3) is 5.91 Å². The standard InChI is InChI=1S/C26H40N2O6/c1-15(2)14-20(28(8)25(34)18(6)30)22(31)21(16(3)4)26(27-7,23(32)17(5)29)24(33)19-12-10-9-11-13-19/h9-13,15-18,20-21,27,29-30H,14H2,1-8H3/t17-,18?,20+,21?,26-/m1/s1/i/hD. The van der Waals surface area contributed by atoms with Gasteiger partial charge in [0, 0.05) is 12.6 Å². The molecule has 1 aromatic carbocycles. The molecule has 1 amide bonds. The minimum absolute atomic E-state index is 0.0403. The van der Waals surface area contributed by atoms with E-state index in [2.05, 4.69) is 0 Å². The normalized spacial score (nSPS) is 17.5. The number of amides is 1. The van der Waals surface area contributed by atoms with Crippen LogP contribution >= 0.6 is 0 Å². The van der Waals surface area contributed by atoms with Crippen molar-refractivity contribution < 1.29 is 30.8 Å². The molecular formula is C26H40N2O6. The van der Waals surface area contributed by atoms with Gasteiger partial charge in [0.2, 0.25) is 0 Å². The maximum absolute atomic E-state index is 14.2. The Kier molecular flexibility index (Phi) is 10.1. The monoisotopic (exact) mass is 477 g/mol. The van der Waals surface area contributed by atoms with Crippen LogP contribution in [0.15, 0.2) is 30.3 Å². The summed E-state index contributed by atoms with van der Waals surface area (Å²) >= 11 is 0. The van der Waals surface area contributed by atoms with E-state index in [1.165, 1.54) is 40.1 Å². The third-order valence-electron chi connectivity index (χ3n) is 6.11. The van der Waals surface area contributed by atoms with Crippen molar-refractivity contribution in [3.8, 4) is 0 Å². The van der Waals surface area contributed by atoms with E-state index in [9.17, 15) is 29.4 Å². The maximum Gasteiger partial charge on any atom is 0.251 e. The number of rotatable bonds is 13. The zero-order chi connectivity index (χ0) is 27.2. The number of carbonyl (C=O) groups is 4. The first-order valence-corrected chi connectivity index (χ1v) is 11.7. The molecule has 0 aliphatic heterocycles. The highest BCUT2D eigenvalue weighted by atomic mass is 16.3. The summed E-state index contributed by atoms with van der Waals surface area (Å²) in [5.41, 5.74) is -2.22. The molecule has 0 saturated heterocycles. The van der Waals surface area contributed by atoms with Crippen molar-refractivity contribution in [1.82, 2.24) is 10.2 Å². The number of aliphatic hydroxyl groups excluding tert-OH is 2. The van der Waals surface area contributed by atoms with Gasteiger partial charge in [-0.2, -0.15) is 0 Å². The Hall–Kier alpha value is -2.42. The molecule has 8 nitrogen and oxygen atoms in total. The first kappa shape index (κ1) is 27.8. The van der Waals surface area contributed by atoms with Crippen LogP contribution < -0.4 is 5.31 Å². The van der Waals surface area contributed by atoms with E-state index in [0.717, 1.165) is 4.90 Å². The van der Waals surface area contributed by atoms with Crippen molar-refractivity contribution in [2.24, 2.45) is 17.8 Å². The topological polar surface area (TPSA) is 124 Å². The summed E-state index contributed by atoms with van der Waals surface area (Å²) in [4.78, 5) is 55.6. The fraction of sp³-hybridized carbons (Fsp3) is 0.615. The van der Waals surface area contributed by atoms with Crippen LogP contribution in [0.1, 0.15) is 58.3 Å². The second-order valence-electron chi connectivity index (χ2n) is 9.62. The number of hydrogen-bond donors (Lipinski definition) is 3. The predicted molar refractivity (Wildman–Crippen MR) is 130 cm³/mol. The number of likely N-dealkylation sites (N-methyl/N-ethyl adjacent to an activating group) is 2. The molecule has 0 aromatic heterocycles. The summed E-state index contributed by atoms with van der Waals surface area (Å²) in [6.07, 6.45) is -2.77. The van der Waals surface area contributed by atoms with Crippen LogP contribution in [0.5, 0.6) is 0 Å². The third-order valence-corrected chi connectivity index (χ3v) is 6.11. The van der Waals surface area contributed by atoms with Gasteiger partial charge in [-0.1, -0.05) is 58.0 Å². The number of ketones is 3. The number of hydrogen-bond acceptors (Lipinski definition) is 7. The number of nitrogens with zero attached hydrogens (tertiary/aromatic N) is 1. The second kappa shape index (κ2) is 12.3. The molecule has 0 aliphatic carbocycles. The summed E-state index contributed by atoms with van der Waals surface area (Å²) in [6, 6.07) is 6.84. The highest BCUT2D eigenvalue weighted by molar-refractivity contribution is 6.22. The lowest BCUT2D eigenvalue weighted by molar-refractivity contribution is -0.149. The van der Waals surface area contributed by atoms with Gasteiger partial charge < -0.3 is 20.4 Å². The lowest BCUT2D eigenvalue weighted by Gasteiger charge is -2.43. The molecule has 0 fully saturated rings. The highest BCUT2D eigenvalue weighted by Crippen LogP contribution is 2.34. The van der Waals surface area contributed by atoms with E-state index in [1.54, 1.807) is 32.0 Å². The summed E-state index contributed by atoms with van der Waals surface area (Å²) in [5.74, 6) is -5.02. The maximum atomic E-state index is 14.2. The molecule has 0 radical (unpaired) electrons. The van der Waals surface area contributed by atoms with Crippen LogP contribution in [-0.4, -0.2) is 76.3 Å². The Morgan fingerprint density at radius 3 is 1.91 bits per heavy atom. The number of benzene rings is 1. The first-order valence-electron chi connectivity index (χ1n) is 12.1. The van der Waals surface area contributed by atoms with Gasteiger partial charge in [-0.3, -0.25) is 19.2 Å². The van der Waals surface area contributed by atoms with Crippen molar-refractivity contribution in [2.75, 3.05) is 14.1 Å². The molecule has 3 N–H and O–H groups in total. The van der Waals surface area contributed by atoms with Crippen LogP contribution in [-0.2, 0) is 14.4 Å². The van der Waals surface area contributed by atoms with E-state index in [0.29, 0.717) is 5.31 Å². The van der Waals surface area contributed by atoms with Crippen molar-refractivity contribution in [3.05, 3.63) is 35.9 Å². The molecule has 0 spiro atoms. The zero-order valence-corrected chi connectivity index (χ0v) is 21.5. The predicted octanol–water partition coefficient (Wildman–Crippen LogP) is 1.87. The quantitative estimate of drug-likeness (QED) is 0.293. The summed E-state index contributed by atoms with van der Waals surface area (Å²) < 4.78 is 8.55. The van der Waals surface area contributed by atoms with E-state index >= 15 is 0 Å². The number of aliphatic hydroxyl groups is 2. The molecule has 190 valence electrons. The van der Waals surface area contributed by atoms with Crippen LogP contribution in [0.4, 0.5) is 0 Å². The van der Waals surface area contributed by atoms with E-state index < -0.39 is 58.9 Å². The average molecular weight is 478 g/mol. The molecule has 1 rings (SSSR count). The van der Waals surface area contributed by atoms with Gasteiger partial charge in [0.05, 0.1) is 12.0 Å². The Labute approximate surface area is 204 Å². The van der Waals surface area contributed by atoms with Gasteiger partial charge in [-0.15, -0.1) is 0 Å². The van der Waals surface area contributed by atoms with Gasteiger partial charge in [0.1, 0.15) is 13.6 Å². The Morgan fingerprint density at radius 1 is 1.00 bits per heavy atom. The average Bonchev–Trinajstić information content (AvgIpc) is 2.78. The van der Waals surface area contributed by atoms with Gasteiger partial charge in [-0.25, -0.2) is 0 Å². The van der Waals surface area contributed by atoms with Crippen LogP contribution in [0, 0.1) is 17.8 Å². The van der Waals surface area contributed by atoms with Gasteiger partial charge >= 0.3 is 0 Å². The molecule has 8 heteroatoms. The second-order valence-corrected chi connectivity index (χ2v) is 9.62. The fourth-order valence-corrected chi connectivity index (χ4v) is 4.47. The Morgan fingerprint density at radius 2 is 1.53 bits per heavy atom. The minimum Gasteiger partial charge on any atom is -0.386 e. The van der Waals surface area contributed by atoms with E-state index in [4.69, 9.17) is 1.41 Å². The van der Waals surface area contributed by atoms with Crippen LogP contribution in [0.2, 0.25) is 1.41 Å². The summed E-state index contributed by atoms with van der Waals surface area (Å²) in [5, 5.41) is 20.9. The van der Waals surface area contributed by atoms with E-state index in [-0.39, 0.29) is 17.9 Å². The summed E-state index contributed by atoms with van der Waals surface area (Å²) in [7, 11) is 2.62. The first-order chi connectivity index (χ1) is 16.1. The minimum atomic E-state index is -2.34. The Bertz CT molecular complexity index is 900. The van der Waals surface area contributed by atoms with Gasteiger partial charge in [-0.05, 0) is 39.2 Å².